The number of hydrogen-bond donors (Lipinski definition) is 0. The summed E-state index contributed by atoms with van der Waals surface area (Å²) in [5, 5.41) is 1.08. The first-order valence-corrected chi connectivity index (χ1v) is 5.15. The number of aromatic nitrogens is 1. The summed E-state index contributed by atoms with van der Waals surface area (Å²) in [6, 6.07) is 0. The molecule has 13 heavy (non-hydrogen) atoms. The van der Waals surface area contributed by atoms with Crippen LogP contribution < -0.4 is 0 Å². The van der Waals surface area contributed by atoms with E-state index in [9.17, 15) is 4.79 Å². The van der Waals surface area contributed by atoms with Crippen LogP contribution in [-0.4, -0.2) is 11.3 Å². The van der Waals surface area contributed by atoms with Gasteiger partial charge in [-0.3, -0.25) is 0 Å². The zero-order valence-corrected chi connectivity index (χ0v) is 9.36. The summed E-state index contributed by atoms with van der Waals surface area (Å²) in [6.07, 6.45) is 1.74. The van der Waals surface area contributed by atoms with E-state index in [2.05, 4.69) is 11.9 Å². The molecule has 0 amide bonds. The van der Waals surface area contributed by atoms with Gasteiger partial charge in [0.15, 0.2) is 0 Å². The average molecular weight is 197 g/mol. The van der Waals surface area contributed by atoms with Crippen molar-refractivity contribution in [2.75, 3.05) is 0 Å². The first-order chi connectivity index (χ1) is 5.94. The van der Waals surface area contributed by atoms with Crippen LogP contribution in [-0.2, 0) is 11.2 Å². The summed E-state index contributed by atoms with van der Waals surface area (Å²) in [7, 11) is 0. The summed E-state index contributed by atoms with van der Waals surface area (Å²) in [4.78, 5) is 16.4. The number of thiazole rings is 1. The Hall–Kier alpha value is -0.700. The predicted octanol–water partition coefficient (Wildman–Crippen LogP) is 2.53. The molecule has 0 bridgehead atoms. The van der Waals surface area contributed by atoms with Crippen LogP contribution in [0.5, 0.6) is 0 Å². The smallest absolute Gasteiger partial charge is 0.125 e. The molecule has 0 aliphatic rings. The van der Waals surface area contributed by atoms with Crippen LogP contribution in [0.1, 0.15) is 29.4 Å². The summed E-state index contributed by atoms with van der Waals surface area (Å²) >= 11 is 1.69. The molecule has 0 spiro atoms. The molecule has 0 aromatic carbocycles. The van der Waals surface area contributed by atoms with Crippen molar-refractivity contribution < 1.29 is 4.79 Å². The van der Waals surface area contributed by atoms with E-state index >= 15 is 0 Å². The van der Waals surface area contributed by atoms with Crippen molar-refractivity contribution in [3.8, 4) is 0 Å². The Labute approximate surface area is 83.0 Å². The topological polar surface area (TPSA) is 30.0 Å². The number of hydrogen-bond acceptors (Lipinski definition) is 3. The van der Waals surface area contributed by atoms with Crippen LogP contribution in [0.2, 0.25) is 0 Å². The Morgan fingerprint density at radius 1 is 1.46 bits per heavy atom. The Balaban J connectivity index is 2.85. The second-order valence-electron chi connectivity index (χ2n) is 4.02. The van der Waals surface area contributed by atoms with Gasteiger partial charge in [-0.1, -0.05) is 13.8 Å². The molecule has 2 nitrogen and oxygen atoms in total. The van der Waals surface area contributed by atoms with E-state index in [-0.39, 0.29) is 5.41 Å². The van der Waals surface area contributed by atoms with Crippen molar-refractivity contribution in [2.45, 2.75) is 34.1 Å². The third kappa shape index (κ3) is 2.62. The van der Waals surface area contributed by atoms with Crippen molar-refractivity contribution in [1.29, 1.82) is 0 Å². The standard InChI is InChI=1S/C10H15NOS/c1-7-9(11-8(2)13-7)5-10(3,4)6-12/h6H,5H2,1-4H3. The summed E-state index contributed by atoms with van der Waals surface area (Å²) < 4.78 is 0. The normalized spacial score (nSPS) is 11.7. The number of carbonyl (C=O) groups is 1. The fourth-order valence-electron chi connectivity index (χ4n) is 1.21. The monoisotopic (exact) mass is 197 g/mol. The Morgan fingerprint density at radius 3 is 2.46 bits per heavy atom. The lowest BCUT2D eigenvalue weighted by Gasteiger charge is -2.14. The molecule has 1 aromatic rings. The number of carbonyl (C=O) groups excluding carboxylic acids is 1. The minimum atomic E-state index is -0.286. The number of aryl methyl sites for hydroxylation is 2. The zero-order valence-electron chi connectivity index (χ0n) is 8.55. The van der Waals surface area contributed by atoms with E-state index in [0.717, 1.165) is 23.4 Å². The summed E-state index contributed by atoms with van der Waals surface area (Å²) in [5.41, 5.74) is 0.783. The first-order valence-electron chi connectivity index (χ1n) is 4.34. The molecule has 0 aliphatic heterocycles. The SMILES string of the molecule is Cc1nc(CC(C)(C)C=O)c(C)s1. The highest BCUT2D eigenvalue weighted by Gasteiger charge is 2.20. The van der Waals surface area contributed by atoms with Gasteiger partial charge in [-0.05, 0) is 13.8 Å². The van der Waals surface area contributed by atoms with Gasteiger partial charge in [-0.2, -0.15) is 0 Å². The van der Waals surface area contributed by atoms with Gasteiger partial charge in [0.2, 0.25) is 0 Å². The van der Waals surface area contributed by atoms with Gasteiger partial charge in [0.05, 0.1) is 10.7 Å². The molecular weight excluding hydrogens is 182 g/mol. The molecule has 0 unspecified atom stereocenters. The van der Waals surface area contributed by atoms with E-state index in [4.69, 9.17) is 0 Å². The van der Waals surface area contributed by atoms with Crippen molar-refractivity contribution in [1.82, 2.24) is 4.98 Å². The highest BCUT2D eigenvalue weighted by molar-refractivity contribution is 7.11. The highest BCUT2D eigenvalue weighted by Crippen LogP contribution is 2.24. The Bertz CT molecular complexity index is 315. The third-order valence-electron chi connectivity index (χ3n) is 1.94. The molecule has 0 saturated carbocycles. The zero-order chi connectivity index (χ0) is 10.1. The van der Waals surface area contributed by atoms with Gasteiger partial charge in [-0.15, -0.1) is 11.3 Å². The molecule has 1 aromatic heterocycles. The molecule has 72 valence electrons. The van der Waals surface area contributed by atoms with E-state index in [1.54, 1.807) is 11.3 Å². The van der Waals surface area contributed by atoms with Crippen LogP contribution in [0.4, 0.5) is 0 Å². The predicted molar refractivity (Wildman–Crippen MR) is 55.1 cm³/mol. The van der Waals surface area contributed by atoms with Crippen molar-refractivity contribution in [2.24, 2.45) is 5.41 Å². The molecule has 3 heteroatoms. The molecule has 1 heterocycles. The Kier molecular flexibility index (Phi) is 2.86. The second-order valence-corrected chi connectivity index (χ2v) is 5.43. The third-order valence-corrected chi connectivity index (χ3v) is 2.87. The average Bonchev–Trinajstić information content (AvgIpc) is 2.30. The van der Waals surface area contributed by atoms with Crippen LogP contribution in [0.15, 0.2) is 0 Å². The van der Waals surface area contributed by atoms with Crippen molar-refractivity contribution in [3.63, 3.8) is 0 Å². The number of aldehydes is 1. The van der Waals surface area contributed by atoms with Gasteiger partial charge in [0.1, 0.15) is 6.29 Å². The fraction of sp³-hybridized carbons (Fsp3) is 0.600. The minimum Gasteiger partial charge on any atom is -0.303 e. The van der Waals surface area contributed by atoms with Gasteiger partial charge in [0.25, 0.3) is 0 Å². The van der Waals surface area contributed by atoms with E-state index in [0.29, 0.717) is 0 Å². The van der Waals surface area contributed by atoms with Crippen molar-refractivity contribution >= 4 is 17.6 Å². The molecular formula is C10H15NOS. The molecule has 0 N–H and O–H groups in total. The largest absolute Gasteiger partial charge is 0.303 e. The Morgan fingerprint density at radius 2 is 2.08 bits per heavy atom. The van der Waals surface area contributed by atoms with Crippen LogP contribution in [0.3, 0.4) is 0 Å². The lowest BCUT2D eigenvalue weighted by atomic mass is 9.89. The van der Waals surface area contributed by atoms with E-state index in [1.165, 1.54) is 4.88 Å². The van der Waals surface area contributed by atoms with Gasteiger partial charge >= 0.3 is 0 Å². The minimum absolute atomic E-state index is 0.286. The molecule has 0 aliphatic carbocycles. The summed E-state index contributed by atoms with van der Waals surface area (Å²) in [6.45, 7) is 7.93. The maximum absolute atomic E-state index is 10.7. The van der Waals surface area contributed by atoms with Crippen LogP contribution >= 0.6 is 11.3 Å². The molecule has 0 saturated heterocycles. The maximum Gasteiger partial charge on any atom is 0.125 e. The summed E-state index contributed by atoms with van der Waals surface area (Å²) in [5.74, 6) is 0. The number of rotatable bonds is 3. The fourth-order valence-corrected chi connectivity index (χ4v) is 2.04. The molecule has 1 rings (SSSR count). The van der Waals surface area contributed by atoms with Crippen molar-refractivity contribution in [3.05, 3.63) is 15.6 Å². The van der Waals surface area contributed by atoms with Crippen LogP contribution in [0.25, 0.3) is 0 Å². The van der Waals surface area contributed by atoms with E-state index < -0.39 is 0 Å². The lowest BCUT2D eigenvalue weighted by molar-refractivity contribution is -0.114. The quantitative estimate of drug-likeness (QED) is 0.697. The van der Waals surface area contributed by atoms with Crippen LogP contribution in [0, 0.1) is 19.3 Å². The van der Waals surface area contributed by atoms with Gasteiger partial charge < -0.3 is 4.79 Å². The highest BCUT2D eigenvalue weighted by atomic mass is 32.1. The molecule has 0 radical (unpaired) electrons. The number of nitrogens with zero attached hydrogens (tertiary/aromatic N) is 1. The van der Waals surface area contributed by atoms with Gasteiger partial charge in [-0.25, -0.2) is 4.98 Å². The van der Waals surface area contributed by atoms with Gasteiger partial charge in [0, 0.05) is 16.7 Å². The molecule has 0 atom stereocenters. The molecule has 0 fully saturated rings. The first kappa shape index (κ1) is 10.4. The van der Waals surface area contributed by atoms with E-state index in [1.807, 2.05) is 20.8 Å². The lowest BCUT2D eigenvalue weighted by Crippen LogP contribution is -2.17. The second kappa shape index (κ2) is 3.58. The maximum atomic E-state index is 10.7.